The zero-order chi connectivity index (χ0) is 20.0. The maximum Gasteiger partial charge on any atom is 0.410 e. The van der Waals surface area contributed by atoms with Gasteiger partial charge < -0.3 is 14.4 Å². The van der Waals surface area contributed by atoms with Crippen LogP contribution in [0.5, 0.6) is 0 Å². The molecule has 26 heavy (non-hydrogen) atoms. The van der Waals surface area contributed by atoms with Crippen LogP contribution in [-0.2, 0) is 20.8 Å². The normalized spacial score (nSPS) is 13.0. The van der Waals surface area contributed by atoms with E-state index in [1.165, 1.54) is 0 Å². The summed E-state index contributed by atoms with van der Waals surface area (Å²) in [6, 6.07) is 9.60. The summed E-state index contributed by atoms with van der Waals surface area (Å²) in [5.41, 5.74) is -0.0611. The first-order chi connectivity index (χ1) is 11.9. The van der Waals surface area contributed by atoms with Crippen molar-refractivity contribution in [3.8, 4) is 0 Å². The largest absolute Gasteiger partial charge is 0.460 e. The first kappa shape index (κ1) is 22.0. The molecule has 5 nitrogen and oxygen atoms in total. The summed E-state index contributed by atoms with van der Waals surface area (Å²) < 4.78 is 10.9. The molecular weight excluding hydrogens is 330 g/mol. The van der Waals surface area contributed by atoms with E-state index in [4.69, 9.17) is 9.47 Å². The number of rotatable bonds is 6. The van der Waals surface area contributed by atoms with Crippen LogP contribution < -0.4 is 0 Å². The number of hydrogen-bond acceptors (Lipinski definition) is 4. The van der Waals surface area contributed by atoms with Crippen LogP contribution in [0.2, 0.25) is 0 Å². The number of esters is 1. The van der Waals surface area contributed by atoms with E-state index in [1.807, 2.05) is 78.8 Å². The molecule has 0 spiro atoms. The molecule has 0 saturated heterocycles. The van der Waals surface area contributed by atoms with Gasteiger partial charge in [-0.25, -0.2) is 4.79 Å². The lowest BCUT2D eigenvalue weighted by atomic mass is 10.1. The van der Waals surface area contributed by atoms with Crippen LogP contribution in [0.25, 0.3) is 0 Å². The van der Waals surface area contributed by atoms with E-state index >= 15 is 0 Å². The minimum Gasteiger partial charge on any atom is -0.460 e. The quantitative estimate of drug-likeness (QED) is 0.672. The Balaban J connectivity index is 2.79. The fraction of sp³-hybridized carbons (Fsp3) is 0.619. The Labute approximate surface area is 157 Å². The first-order valence-corrected chi connectivity index (χ1v) is 9.13. The van der Waals surface area contributed by atoms with E-state index in [0.29, 0.717) is 13.0 Å². The predicted molar refractivity (Wildman–Crippen MR) is 103 cm³/mol. The van der Waals surface area contributed by atoms with Crippen molar-refractivity contribution in [2.45, 2.75) is 85.1 Å². The molecule has 0 aliphatic heterocycles. The number of nitrogens with zero attached hydrogens (tertiary/aromatic N) is 1. The lowest BCUT2D eigenvalue weighted by Crippen LogP contribution is -2.42. The van der Waals surface area contributed by atoms with E-state index in [1.54, 1.807) is 4.90 Å². The molecule has 1 unspecified atom stereocenters. The second kappa shape index (κ2) is 9.06. The lowest BCUT2D eigenvalue weighted by molar-refractivity contribution is -0.155. The zero-order valence-electron chi connectivity index (χ0n) is 17.2. The van der Waals surface area contributed by atoms with Crippen LogP contribution in [0.1, 0.15) is 66.9 Å². The highest BCUT2D eigenvalue weighted by molar-refractivity contribution is 5.71. The second-order valence-corrected chi connectivity index (χ2v) is 8.57. The average Bonchev–Trinajstić information content (AvgIpc) is 2.48. The Hall–Kier alpha value is -2.04. The topological polar surface area (TPSA) is 55.8 Å². The van der Waals surface area contributed by atoms with Crippen LogP contribution in [0.3, 0.4) is 0 Å². The lowest BCUT2D eigenvalue weighted by Gasteiger charge is -2.32. The van der Waals surface area contributed by atoms with Gasteiger partial charge in [0.2, 0.25) is 0 Å². The van der Waals surface area contributed by atoms with E-state index in [-0.39, 0.29) is 24.5 Å². The van der Waals surface area contributed by atoms with Crippen molar-refractivity contribution in [1.82, 2.24) is 4.90 Å². The van der Waals surface area contributed by atoms with Gasteiger partial charge in [0.05, 0.1) is 0 Å². The molecular formula is C21H33NO4. The van der Waals surface area contributed by atoms with Crippen molar-refractivity contribution in [3.63, 3.8) is 0 Å². The average molecular weight is 363 g/mol. The maximum absolute atomic E-state index is 12.7. The predicted octanol–water partition coefficient (Wildman–Crippen LogP) is 4.93. The standard InChI is InChI=1S/C21H33NO4/c1-16(13-14-18(23)25-20(2,3)4)22(19(24)26-21(5,6)7)15-17-11-9-8-10-12-17/h8-12,16H,13-15H2,1-7H3. The van der Waals surface area contributed by atoms with Crippen molar-refractivity contribution >= 4 is 12.1 Å². The third-order valence-electron chi connectivity index (χ3n) is 3.54. The molecule has 0 aromatic heterocycles. The van der Waals surface area contributed by atoms with E-state index in [2.05, 4.69) is 0 Å². The van der Waals surface area contributed by atoms with E-state index in [9.17, 15) is 9.59 Å². The molecule has 1 aromatic rings. The smallest absolute Gasteiger partial charge is 0.410 e. The molecule has 0 bridgehead atoms. The van der Waals surface area contributed by atoms with E-state index < -0.39 is 11.2 Å². The molecule has 0 saturated carbocycles. The van der Waals surface area contributed by atoms with Gasteiger partial charge in [-0.15, -0.1) is 0 Å². The Morgan fingerprint density at radius 3 is 2.00 bits per heavy atom. The summed E-state index contributed by atoms with van der Waals surface area (Å²) in [6.45, 7) is 13.4. The van der Waals surface area contributed by atoms with Crippen molar-refractivity contribution in [2.75, 3.05) is 0 Å². The number of carbonyl (C=O) groups is 2. The number of benzene rings is 1. The van der Waals surface area contributed by atoms with Gasteiger partial charge in [0.1, 0.15) is 11.2 Å². The second-order valence-electron chi connectivity index (χ2n) is 8.57. The SMILES string of the molecule is CC(CCC(=O)OC(C)(C)C)N(Cc1ccccc1)C(=O)OC(C)(C)C. The van der Waals surface area contributed by atoms with Gasteiger partial charge in [-0.05, 0) is 60.5 Å². The molecule has 146 valence electrons. The molecule has 5 heteroatoms. The number of ether oxygens (including phenoxy) is 2. The Kier molecular flexibility index (Phi) is 7.67. The number of amides is 1. The molecule has 0 fully saturated rings. The fourth-order valence-electron chi connectivity index (χ4n) is 2.38. The summed E-state index contributed by atoms with van der Waals surface area (Å²) in [5, 5.41) is 0. The fourth-order valence-corrected chi connectivity index (χ4v) is 2.38. The van der Waals surface area contributed by atoms with Gasteiger partial charge in [-0.2, -0.15) is 0 Å². The van der Waals surface area contributed by atoms with Gasteiger partial charge in [0, 0.05) is 19.0 Å². The van der Waals surface area contributed by atoms with Crippen molar-refractivity contribution in [2.24, 2.45) is 0 Å². The van der Waals surface area contributed by atoms with Crippen LogP contribution in [0.15, 0.2) is 30.3 Å². The van der Waals surface area contributed by atoms with Crippen LogP contribution in [-0.4, -0.2) is 34.2 Å². The Bertz CT molecular complexity index is 584. The summed E-state index contributed by atoms with van der Waals surface area (Å²) >= 11 is 0. The highest BCUT2D eigenvalue weighted by atomic mass is 16.6. The third-order valence-corrected chi connectivity index (χ3v) is 3.54. The molecule has 1 atom stereocenters. The summed E-state index contributed by atoms with van der Waals surface area (Å²) in [5.74, 6) is -0.256. The van der Waals surface area contributed by atoms with Gasteiger partial charge in [-0.1, -0.05) is 30.3 Å². The van der Waals surface area contributed by atoms with Gasteiger partial charge in [0.15, 0.2) is 0 Å². The maximum atomic E-state index is 12.7. The highest BCUT2D eigenvalue weighted by Gasteiger charge is 2.27. The molecule has 1 aromatic carbocycles. The number of hydrogen-bond donors (Lipinski definition) is 0. The third kappa shape index (κ3) is 8.88. The Morgan fingerprint density at radius 1 is 0.962 bits per heavy atom. The molecule has 0 aliphatic carbocycles. The summed E-state index contributed by atoms with van der Waals surface area (Å²) in [6.07, 6.45) is 0.395. The minimum atomic E-state index is -0.573. The Morgan fingerprint density at radius 2 is 1.50 bits per heavy atom. The van der Waals surface area contributed by atoms with Crippen LogP contribution >= 0.6 is 0 Å². The minimum absolute atomic E-state index is 0.155. The molecule has 1 rings (SSSR count). The highest BCUT2D eigenvalue weighted by Crippen LogP contribution is 2.18. The van der Waals surface area contributed by atoms with Gasteiger partial charge in [0.25, 0.3) is 0 Å². The zero-order valence-corrected chi connectivity index (χ0v) is 17.2. The first-order valence-electron chi connectivity index (χ1n) is 9.13. The molecule has 0 aliphatic rings. The van der Waals surface area contributed by atoms with Crippen molar-refractivity contribution < 1.29 is 19.1 Å². The van der Waals surface area contributed by atoms with Crippen LogP contribution in [0.4, 0.5) is 4.79 Å². The van der Waals surface area contributed by atoms with E-state index in [0.717, 1.165) is 5.56 Å². The van der Waals surface area contributed by atoms with Crippen molar-refractivity contribution in [1.29, 1.82) is 0 Å². The van der Waals surface area contributed by atoms with Crippen molar-refractivity contribution in [3.05, 3.63) is 35.9 Å². The van der Waals surface area contributed by atoms with Gasteiger partial charge in [-0.3, -0.25) is 4.79 Å². The monoisotopic (exact) mass is 363 g/mol. The summed E-state index contributed by atoms with van der Waals surface area (Å²) in [4.78, 5) is 26.3. The molecule has 0 heterocycles. The van der Waals surface area contributed by atoms with Gasteiger partial charge >= 0.3 is 12.1 Å². The number of carbonyl (C=O) groups excluding carboxylic acids is 2. The summed E-state index contributed by atoms with van der Waals surface area (Å²) in [7, 11) is 0. The molecule has 0 radical (unpaired) electrons. The molecule has 0 N–H and O–H groups in total. The molecule has 1 amide bonds. The van der Waals surface area contributed by atoms with Crippen LogP contribution in [0, 0.1) is 0 Å².